The smallest absolute Gasteiger partial charge is 0.335 e. The monoisotopic (exact) mass is 469 g/mol. The highest BCUT2D eigenvalue weighted by atomic mass is 16.4. The van der Waals surface area contributed by atoms with Crippen LogP contribution < -0.4 is 10.6 Å². The number of nitrogens with one attached hydrogen (secondary N) is 2. The molecule has 7 nitrogen and oxygen atoms in total. The van der Waals surface area contributed by atoms with E-state index in [1.807, 2.05) is 43.3 Å². The van der Waals surface area contributed by atoms with Gasteiger partial charge < -0.3 is 20.6 Å². The number of aromatic carboxylic acids is 1. The second-order valence-corrected chi connectivity index (χ2v) is 8.59. The molecular weight excluding hydrogens is 442 g/mol. The highest BCUT2D eigenvalue weighted by Gasteiger charge is 2.34. The molecule has 0 radical (unpaired) electrons. The number of nitrogens with zero attached hydrogens (tertiary/aromatic N) is 1. The van der Waals surface area contributed by atoms with E-state index in [1.54, 1.807) is 41.3 Å². The first-order chi connectivity index (χ1) is 16.8. The summed E-state index contributed by atoms with van der Waals surface area (Å²) >= 11 is 0. The predicted octanol–water partition coefficient (Wildman–Crippen LogP) is 5.72. The molecule has 0 bridgehead atoms. The van der Waals surface area contributed by atoms with Crippen LogP contribution in [-0.4, -0.2) is 40.5 Å². The molecule has 0 unspecified atom stereocenters. The third-order valence-corrected chi connectivity index (χ3v) is 6.06. The number of allylic oxidation sites excluding steroid dienone is 1. The van der Waals surface area contributed by atoms with E-state index in [0.29, 0.717) is 24.3 Å². The summed E-state index contributed by atoms with van der Waals surface area (Å²) in [4.78, 5) is 38.4. The third-order valence-electron chi connectivity index (χ3n) is 6.06. The minimum atomic E-state index is -0.968. The lowest BCUT2D eigenvalue weighted by Gasteiger charge is -2.24. The van der Waals surface area contributed by atoms with E-state index in [-0.39, 0.29) is 17.5 Å². The minimum absolute atomic E-state index is 0.228. The molecular formula is C28H27N3O4. The highest BCUT2D eigenvalue weighted by molar-refractivity contribution is 5.99. The largest absolute Gasteiger partial charge is 0.478 e. The first-order valence-corrected chi connectivity index (χ1v) is 11.4. The SMILES string of the molecule is C=C(C)c1ccc(NC(=O)N2CCC[C@@H]2C(=O)Nc2ccc(-c3ccc(C(=O)O)cc3)cc2)cc1. The molecule has 1 saturated heterocycles. The van der Waals surface area contributed by atoms with Gasteiger partial charge in [0.05, 0.1) is 5.56 Å². The van der Waals surface area contributed by atoms with Gasteiger partial charge in [-0.1, -0.05) is 48.6 Å². The van der Waals surface area contributed by atoms with Gasteiger partial charge in [-0.05, 0) is 72.9 Å². The van der Waals surface area contributed by atoms with Crippen LogP contribution in [0, 0.1) is 0 Å². The first kappa shape index (κ1) is 23.8. The molecule has 4 rings (SSSR count). The van der Waals surface area contributed by atoms with Crippen molar-refractivity contribution in [2.24, 2.45) is 0 Å². The average Bonchev–Trinajstić information content (AvgIpc) is 3.35. The zero-order valence-electron chi connectivity index (χ0n) is 19.5. The predicted molar refractivity (Wildman–Crippen MR) is 137 cm³/mol. The van der Waals surface area contributed by atoms with Crippen LogP contribution in [0.2, 0.25) is 0 Å². The molecule has 0 aromatic heterocycles. The number of rotatable bonds is 6. The van der Waals surface area contributed by atoms with E-state index in [9.17, 15) is 14.4 Å². The minimum Gasteiger partial charge on any atom is -0.478 e. The van der Waals surface area contributed by atoms with Crippen molar-refractivity contribution in [3.05, 3.63) is 90.5 Å². The van der Waals surface area contributed by atoms with Crippen LogP contribution in [0.15, 0.2) is 79.4 Å². The fourth-order valence-corrected chi connectivity index (χ4v) is 4.09. The van der Waals surface area contributed by atoms with Crippen LogP contribution in [-0.2, 0) is 4.79 Å². The van der Waals surface area contributed by atoms with Crippen LogP contribution in [0.4, 0.5) is 16.2 Å². The average molecular weight is 470 g/mol. The van der Waals surface area contributed by atoms with Crippen molar-refractivity contribution in [1.82, 2.24) is 4.90 Å². The van der Waals surface area contributed by atoms with Gasteiger partial charge in [-0.25, -0.2) is 9.59 Å². The number of carboxylic acids is 1. The van der Waals surface area contributed by atoms with Gasteiger partial charge in [0.15, 0.2) is 0 Å². The van der Waals surface area contributed by atoms with Crippen LogP contribution >= 0.6 is 0 Å². The van der Waals surface area contributed by atoms with Gasteiger partial charge in [0.25, 0.3) is 0 Å². The van der Waals surface area contributed by atoms with Gasteiger partial charge in [-0.3, -0.25) is 4.79 Å². The fourth-order valence-electron chi connectivity index (χ4n) is 4.09. The van der Waals surface area contributed by atoms with Crippen LogP contribution in [0.5, 0.6) is 0 Å². The topological polar surface area (TPSA) is 98.7 Å². The standard InChI is InChI=1S/C28H27N3O4/c1-18(2)19-9-13-24(14-10-19)30-28(35)31-17-3-4-25(31)26(32)29-23-15-11-21(12-16-23)20-5-7-22(8-6-20)27(33)34/h5-16,25H,1,3-4,17H2,2H3,(H,29,32)(H,30,35)(H,33,34)/t25-/m1/s1. The molecule has 1 aliphatic heterocycles. The maximum atomic E-state index is 13.0. The zero-order chi connectivity index (χ0) is 24.9. The molecule has 1 fully saturated rings. The van der Waals surface area contributed by atoms with E-state index in [0.717, 1.165) is 28.7 Å². The lowest BCUT2D eigenvalue weighted by Crippen LogP contribution is -2.45. The second kappa shape index (κ2) is 10.3. The highest BCUT2D eigenvalue weighted by Crippen LogP contribution is 2.24. The van der Waals surface area contributed by atoms with Gasteiger partial charge in [-0.15, -0.1) is 0 Å². The van der Waals surface area contributed by atoms with Crippen molar-refractivity contribution in [2.45, 2.75) is 25.8 Å². The van der Waals surface area contributed by atoms with E-state index in [1.165, 1.54) is 0 Å². The molecule has 3 aromatic rings. The number of carbonyl (C=O) groups excluding carboxylic acids is 2. The number of likely N-dealkylation sites (tertiary alicyclic amines) is 1. The normalized spacial score (nSPS) is 14.9. The van der Waals surface area contributed by atoms with Crippen molar-refractivity contribution >= 4 is 34.9 Å². The number of anilines is 2. The number of benzene rings is 3. The van der Waals surface area contributed by atoms with Gasteiger partial charge in [0, 0.05) is 17.9 Å². The van der Waals surface area contributed by atoms with E-state index >= 15 is 0 Å². The summed E-state index contributed by atoms with van der Waals surface area (Å²) in [7, 11) is 0. The Morgan fingerprint density at radius 3 is 1.91 bits per heavy atom. The van der Waals surface area contributed by atoms with Crippen LogP contribution in [0.25, 0.3) is 16.7 Å². The molecule has 1 atom stereocenters. The van der Waals surface area contributed by atoms with E-state index in [2.05, 4.69) is 17.2 Å². The van der Waals surface area contributed by atoms with Crippen LogP contribution in [0.3, 0.4) is 0 Å². The van der Waals surface area contributed by atoms with Crippen molar-refractivity contribution in [2.75, 3.05) is 17.2 Å². The Labute approximate surface area is 204 Å². The van der Waals surface area contributed by atoms with E-state index in [4.69, 9.17) is 5.11 Å². The summed E-state index contributed by atoms with van der Waals surface area (Å²) in [5, 5.41) is 14.8. The first-order valence-electron chi connectivity index (χ1n) is 11.4. The Kier molecular flexibility index (Phi) is 6.96. The zero-order valence-corrected chi connectivity index (χ0v) is 19.5. The number of carboxylic acid groups (broad SMARTS) is 1. The number of urea groups is 1. The second-order valence-electron chi connectivity index (χ2n) is 8.59. The van der Waals surface area contributed by atoms with Gasteiger partial charge in [0.1, 0.15) is 6.04 Å². The molecule has 7 heteroatoms. The summed E-state index contributed by atoms with van der Waals surface area (Å²) < 4.78 is 0. The molecule has 3 aromatic carbocycles. The van der Waals surface area contributed by atoms with Crippen LogP contribution in [0.1, 0.15) is 35.7 Å². The lowest BCUT2D eigenvalue weighted by molar-refractivity contribution is -0.119. The molecule has 35 heavy (non-hydrogen) atoms. The maximum Gasteiger partial charge on any atom is 0.335 e. The summed E-state index contributed by atoms with van der Waals surface area (Å²) in [5.41, 5.74) is 5.25. The molecule has 1 aliphatic rings. The molecule has 1 heterocycles. The summed E-state index contributed by atoms with van der Waals surface area (Å²) in [5.74, 6) is -1.20. The molecule has 178 valence electrons. The quantitative estimate of drug-likeness (QED) is 0.430. The Hall–Kier alpha value is -4.39. The lowest BCUT2D eigenvalue weighted by atomic mass is 10.0. The molecule has 3 amide bonds. The Morgan fingerprint density at radius 2 is 1.34 bits per heavy atom. The molecule has 0 spiro atoms. The Morgan fingerprint density at radius 1 is 0.829 bits per heavy atom. The van der Waals surface area contributed by atoms with Gasteiger partial charge >= 0.3 is 12.0 Å². The summed E-state index contributed by atoms with van der Waals surface area (Å²) in [6.07, 6.45) is 1.35. The molecule has 0 aliphatic carbocycles. The summed E-state index contributed by atoms with van der Waals surface area (Å²) in [6, 6.07) is 20.5. The van der Waals surface area contributed by atoms with Gasteiger partial charge in [0.2, 0.25) is 5.91 Å². The fraction of sp³-hybridized carbons (Fsp3) is 0.179. The number of carbonyl (C=O) groups is 3. The van der Waals surface area contributed by atoms with Gasteiger partial charge in [-0.2, -0.15) is 0 Å². The Bertz CT molecular complexity index is 1250. The van der Waals surface area contributed by atoms with E-state index < -0.39 is 12.0 Å². The van der Waals surface area contributed by atoms with Crippen molar-refractivity contribution in [1.29, 1.82) is 0 Å². The number of hydrogen-bond acceptors (Lipinski definition) is 3. The maximum absolute atomic E-state index is 13.0. The van der Waals surface area contributed by atoms with Crippen molar-refractivity contribution in [3.8, 4) is 11.1 Å². The third kappa shape index (κ3) is 5.58. The summed E-state index contributed by atoms with van der Waals surface area (Å²) in [6.45, 7) is 6.35. The number of hydrogen-bond donors (Lipinski definition) is 3. The Balaban J connectivity index is 1.38. The molecule has 0 saturated carbocycles. The molecule has 3 N–H and O–H groups in total. The number of amides is 3. The van der Waals surface area contributed by atoms with Crippen molar-refractivity contribution in [3.63, 3.8) is 0 Å². The van der Waals surface area contributed by atoms with Crippen molar-refractivity contribution < 1.29 is 19.5 Å².